The standard InChI is InChI=1S/C32H38FN6O7S.Hf/c1-32(43)11-3-6-26(32)39-28-22(16-21(18-33)30(39)42)19-34-31(37-28)35-23-9-12-38(13-10-23)47(44,45)15-14-46-24-5-2-4-20(17-24)25-7-8-27(40)36-29(25)41;/h2,4-5,16-19,23,25-26,43H,3,6-15H2,1H3,(H,34,35,37)(H,36,40,41);/q-1;/t25?,26-,32-;/m1./s1. The van der Waals surface area contributed by atoms with Crippen LogP contribution in [-0.2, 0) is 45.5 Å². The third-order valence-corrected chi connectivity index (χ3v) is 11.2. The minimum atomic E-state index is -3.61. The number of hydrogen-bond acceptors (Lipinski definition) is 10. The average molecular weight is 848 g/mol. The second kappa shape index (κ2) is 14.7. The van der Waals surface area contributed by atoms with E-state index in [-0.39, 0.29) is 93.8 Å². The number of rotatable bonds is 10. The van der Waals surface area contributed by atoms with Crippen LogP contribution in [0.3, 0.4) is 0 Å². The third kappa shape index (κ3) is 7.66. The van der Waals surface area contributed by atoms with Gasteiger partial charge in [0.2, 0.25) is 27.8 Å². The number of halogens is 1. The molecule has 0 bridgehead atoms. The minimum Gasteiger partial charge on any atom is -0.492 e. The normalized spacial score (nSPS) is 23.8. The van der Waals surface area contributed by atoms with Gasteiger partial charge in [-0.15, -0.1) is 6.07 Å². The zero-order valence-corrected chi connectivity index (χ0v) is 30.9. The van der Waals surface area contributed by atoms with Crippen molar-refractivity contribution >= 4 is 38.8 Å². The number of carbonyl (C=O) groups is 2. The van der Waals surface area contributed by atoms with Gasteiger partial charge in [0.05, 0.1) is 23.3 Å². The van der Waals surface area contributed by atoms with Crippen LogP contribution in [0.1, 0.15) is 75.0 Å². The fourth-order valence-corrected chi connectivity index (χ4v) is 8.12. The van der Waals surface area contributed by atoms with Crippen molar-refractivity contribution in [2.45, 2.75) is 75.5 Å². The molecule has 2 aromatic heterocycles. The summed E-state index contributed by atoms with van der Waals surface area (Å²) in [5.41, 5.74) is -0.844. The van der Waals surface area contributed by atoms with E-state index in [2.05, 4.69) is 20.6 Å². The van der Waals surface area contributed by atoms with Crippen LogP contribution in [0.15, 0.2) is 41.3 Å². The van der Waals surface area contributed by atoms with Crippen LogP contribution in [0, 0.1) is 6.67 Å². The van der Waals surface area contributed by atoms with Gasteiger partial charge in [-0.2, -0.15) is 4.98 Å². The first kappa shape index (κ1) is 36.1. The maximum absolute atomic E-state index is 13.6. The molecule has 0 spiro atoms. The number of aromatic nitrogens is 3. The van der Waals surface area contributed by atoms with Crippen molar-refractivity contribution in [1.29, 1.82) is 0 Å². The Morgan fingerprint density at radius 1 is 1.17 bits per heavy atom. The van der Waals surface area contributed by atoms with Crippen LogP contribution in [0.25, 0.3) is 11.0 Å². The van der Waals surface area contributed by atoms with Crippen molar-refractivity contribution in [2.75, 3.05) is 30.8 Å². The second-order valence-corrected chi connectivity index (χ2v) is 14.8. The maximum Gasteiger partial charge on any atom is 0.234 e. The molecule has 1 aliphatic carbocycles. The number of sulfonamides is 1. The van der Waals surface area contributed by atoms with E-state index in [4.69, 9.17) is 4.74 Å². The molecule has 1 aromatic carbocycles. The number of ether oxygens (including phenoxy) is 1. The number of hydrogen-bond donors (Lipinski definition) is 3. The topological polar surface area (TPSA) is 173 Å². The number of nitrogens with one attached hydrogen (secondary N) is 2. The Morgan fingerprint density at radius 2 is 1.94 bits per heavy atom. The Labute approximate surface area is 296 Å². The molecule has 4 heterocycles. The SMILES string of the molecule is C[C@@]1(O)CCC[C@H]1n1c(=O)c([CH-]F)cc2cnc(NC3CCN(S(=O)(=O)CCOc4cccc(C5CCC(=O)NC5=O)c4)CC3)nc21.[Hf]. The number of fused-ring (bicyclic) bond motifs is 1. The van der Waals surface area contributed by atoms with Crippen LogP contribution in [-0.4, -0.2) is 81.3 Å². The van der Waals surface area contributed by atoms with E-state index in [1.807, 2.05) is 0 Å². The summed E-state index contributed by atoms with van der Waals surface area (Å²) in [7, 11) is -3.61. The predicted molar refractivity (Wildman–Crippen MR) is 171 cm³/mol. The van der Waals surface area contributed by atoms with E-state index < -0.39 is 33.1 Å². The number of piperidine rings is 2. The molecule has 0 radical (unpaired) electrons. The van der Waals surface area contributed by atoms with Gasteiger partial charge in [0.25, 0.3) is 0 Å². The molecule has 16 heteroatoms. The number of pyridine rings is 1. The first-order valence-electron chi connectivity index (χ1n) is 15.8. The molecular weight excluding hydrogens is 810 g/mol. The molecule has 6 rings (SSSR count). The van der Waals surface area contributed by atoms with Crippen molar-refractivity contribution in [1.82, 2.24) is 24.2 Å². The quantitative estimate of drug-likeness (QED) is 0.157. The van der Waals surface area contributed by atoms with Crippen molar-refractivity contribution in [2.24, 2.45) is 0 Å². The van der Waals surface area contributed by atoms with Crippen LogP contribution in [0.5, 0.6) is 5.75 Å². The molecule has 1 saturated carbocycles. The van der Waals surface area contributed by atoms with Gasteiger partial charge in [0.1, 0.15) is 23.6 Å². The fourth-order valence-electron chi connectivity index (χ4n) is 6.80. The first-order chi connectivity index (χ1) is 22.4. The van der Waals surface area contributed by atoms with Crippen LogP contribution >= 0.6 is 0 Å². The molecular formula is C32H38FHfN6O7S-. The molecule has 2 amide bonds. The number of carbonyl (C=O) groups excluding carboxylic acids is 2. The summed E-state index contributed by atoms with van der Waals surface area (Å²) in [5, 5.41) is 17.0. The monoisotopic (exact) mass is 849 g/mol. The second-order valence-electron chi connectivity index (χ2n) is 12.7. The van der Waals surface area contributed by atoms with Gasteiger partial charge >= 0.3 is 0 Å². The molecule has 3 aromatic rings. The third-order valence-electron chi connectivity index (χ3n) is 9.40. The molecule has 3 atom stereocenters. The summed E-state index contributed by atoms with van der Waals surface area (Å²) in [4.78, 5) is 45.9. The van der Waals surface area contributed by atoms with E-state index in [0.29, 0.717) is 54.5 Å². The molecule has 256 valence electrons. The van der Waals surface area contributed by atoms with Crippen molar-refractivity contribution < 1.29 is 58.1 Å². The van der Waals surface area contributed by atoms with E-state index in [9.17, 15) is 32.3 Å². The number of imide groups is 1. The van der Waals surface area contributed by atoms with E-state index >= 15 is 0 Å². The smallest absolute Gasteiger partial charge is 0.234 e. The Balaban J connectivity index is 0.00000451. The molecule has 48 heavy (non-hydrogen) atoms. The number of amides is 2. The maximum atomic E-state index is 13.6. The largest absolute Gasteiger partial charge is 0.492 e. The van der Waals surface area contributed by atoms with Crippen LogP contribution < -0.4 is 20.9 Å². The molecule has 3 N–H and O–H groups in total. The minimum absolute atomic E-state index is 0. The molecule has 3 fully saturated rings. The van der Waals surface area contributed by atoms with Crippen LogP contribution in [0.2, 0.25) is 0 Å². The zero-order valence-electron chi connectivity index (χ0n) is 26.5. The summed E-state index contributed by atoms with van der Waals surface area (Å²) >= 11 is 0. The van der Waals surface area contributed by atoms with Gasteiger partial charge in [-0.3, -0.25) is 19.3 Å². The van der Waals surface area contributed by atoms with Crippen molar-refractivity contribution in [3.8, 4) is 5.75 Å². The Morgan fingerprint density at radius 3 is 2.62 bits per heavy atom. The summed E-state index contributed by atoms with van der Waals surface area (Å²) in [6.07, 6.45) is 4.95. The first-order valence-corrected chi connectivity index (χ1v) is 17.4. The summed E-state index contributed by atoms with van der Waals surface area (Å²) in [5.74, 6) is -0.619. The predicted octanol–water partition coefficient (Wildman–Crippen LogP) is 2.55. The van der Waals surface area contributed by atoms with Crippen LogP contribution in [0.4, 0.5) is 10.3 Å². The van der Waals surface area contributed by atoms with E-state index in [1.54, 1.807) is 31.2 Å². The molecule has 13 nitrogen and oxygen atoms in total. The van der Waals surface area contributed by atoms with Gasteiger partial charge in [0.15, 0.2) is 0 Å². The van der Waals surface area contributed by atoms with E-state index in [1.165, 1.54) is 21.1 Å². The molecule has 1 unspecified atom stereocenters. The summed E-state index contributed by atoms with van der Waals surface area (Å²) < 4.78 is 48.4. The molecule has 2 aliphatic heterocycles. The van der Waals surface area contributed by atoms with Crippen molar-refractivity contribution in [3.05, 3.63) is 64.7 Å². The number of nitrogens with zero attached hydrogens (tertiary/aromatic N) is 4. The Bertz CT molecular complexity index is 1850. The summed E-state index contributed by atoms with van der Waals surface area (Å²) in [6, 6.07) is 7.62. The average Bonchev–Trinajstić information content (AvgIpc) is 3.39. The molecule has 3 aliphatic rings. The molecule has 2 saturated heterocycles. The van der Waals surface area contributed by atoms with Gasteiger partial charge < -0.3 is 24.5 Å². The van der Waals surface area contributed by atoms with Gasteiger partial charge in [-0.25, -0.2) is 17.7 Å². The number of benzene rings is 1. The number of anilines is 1. The zero-order chi connectivity index (χ0) is 33.3. The fraction of sp³-hybridized carbons (Fsp3) is 0.500. The summed E-state index contributed by atoms with van der Waals surface area (Å²) in [6.45, 7) is 2.42. The number of aliphatic hydroxyl groups is 1. The Kier molecular flexibility index (Phi) is 11.1. The van der Waals surface area contributed by atoms with Gasteiger partial charge in [0, 0.05) is 57.6 Å². The van der Waals surface area contributed by atoms with Crippen molar-refractivity contribution in [3.63, 3.8) is 0 Å². The van der Waals surface area contributed by atoms with Gasteiger partial charge in [-0.1, -0.05) is 17.7 Å². The van der Waals surface area contributed by atoms with Gasteiger partial charge in [-0.05, 0) is 75.2 Å². The Hall–Kier alpha value is -3.21. The van der Waals surface area contributed by atoms with E-state index in [0.717, 1.165) is 6.42 Å².